The number of methoxy groups -OCH3 is 1. The first-order valence-corrected chi connectivity index (χ1v) is 6.57. The van der Waals surface area contributed by atoms with Crippen molar-refractivity contribution in [1.29, 1.82) is 0 Å². The summed E-state index contributed by atoms with van der Waals surface area (Å²) >= 11 is 1.21. The highest BCUT2D eigenvalue weighted by molar-refractivity contribution is 7.98. The first-order chi connectivity index (χ1) is 9.70. The molecular formula is C14H12N2O3S. The second-order valence-electron chi connectivity index (χ2n) is 3.81. The first kappa shape index (κ1) is 14.1. The molecule has 6 heteroatoms. The maximum Gasteiger partial charge on any atom is 0.269 e. The molecule has 0 saturated heterocycles. The fraction of sp³-hybridized carbons (Fsp3) is 0.0714. The van der Waals surface area contributed by atoms with Gasteiger partial charge >= 0.3 is 0 Å². The van der Waals surface area contributed by atoms with Gasteiger partial charge in [-0.15, -0.1) is 0 Å². The standard InChI is InChI=1S/C14H12N2O3S/c1-19-14(11-5-3-2-4-6-11)15-20-13-9-7-12(8-10-13)16(17)18/h2-10H,1H3/b15-14-. The number of benzene rings is 2. The molecule has 5 nitrogen and oxygen atoms in total. The van der Waals surface area contributed by atoms with Gasteiger partial charge in [-0.1, -0.05) is 18.2 Å². The highest BCUT2D eigenvalue weighted by Crippen LogP contribution is 2.23. The molecule has 0 aliphatic heterocycles. The minimum absolute atomic E-state index is 0.0633. The van der Waals surface area contributed by atoms with Crippen LogP contribution in [-0.4, -0.2) is 17.9 Å². The maximum atomic E-state index is 10.6. The van der Waals surface area contributed by atoms with Gasteiger partial charge in [-0.05, 0) is 24.3 Å². The van der Waals surface area contributed by atoms with Crippen LogP contribution in [0, 0.1) is 10.1 Å². The summed E-state index contributed by atoms with van der Waals surface area (Å²) in [6.07, 6.45) is 0. The first-order valence-electron chi connectivity index (χ1n) is 5.79. The zero-order chi connectivity index (χ0) is 14.4. The fourth-order valence-corrected chi connectivity index (χ4v) is 2.14. The Balaban J connectivity index is 2.12. The molecule has 0 fully saturated rings. The molecule has 2 rings (SSSR count). The molecule has 102 valence electrons. The van der Waals surface area contributed by atoms with Crippen molar-refractivity contribution in [3.05, 3.63) is 70.3 Å². The van der Waals surface area contributed by atoms with E-state index in [0.717, 1.165) is 10.5 Å². The quantitative estimate of drug-likeness (QED) is 0.283. The third kappa shape index (κ3) is 3.58. The van der Waals surface area contributed by atoms with Crippen LogP contribution in [0.25, 0.3) is 0 Å². The smallest absolute Gasteiger partial charge is 0.269 e. The monoisotopic (exact) mass is 288 g/mol. The van der Waals surface area contributed by atoms with Crippen LogP contribution in [0.1, 0.15) is 5.56 Å². The Morgan fingerprint density at radius 3 is 2.35 bits per heavy atom. The van der Waals surface area contributed by atoms with Crippen LogP contribution in [0.4, 0.5) is 5.69 Å². The summed E-state index contributed by atoms with van der Waals surface area (Å²) in [5.74, 6) is 0.508. The summed E-state index contributed by atoms with van der Waals surface area (Å²) in [7, 11) is 1.56. The lowest BCUT2D eigenvalue weighted by Gasteiger charge is -2.04. The summed E-state index contributed by atoms with van der Waals surface area (Å²) in [5.41, 5.74) is 0.942. The predicted octanol–water partition coefficient (Wildman–Crippen LogP) is 3.70. The fourth-order valence-electron chi connectivity index (χ4n) is 1.51. The predicted molar refractivity (Wildman–Crippen MR) is 78.9 cm³/mol. The van der Waals surface area contributed by atoms with Crippen LogP contribution in [0.5, 0.6) is 0 Å². The van der Waals surface area contributed by atoms with Crippen molar-refractivity contribution in [2.75, 3.05) is 7.11 Å². The normalized spacial score (nSPS) is 11.2. The topological polar surface area (TPSA) is 64.7 Å². The van der Waals surface area contributed by atoms with Crippen molar-refractivity contribution in [3.8, 4) is 0 Å². The summed E-state index contributed by atoms with van der Waals surface area (Å²) in [4.78, 5) is 10.9. The minimum Gasteiger partial charge on any atom is -0.480 e. The van der Waals surface area contributed by atoms with Crippen LogP contribution in [0.2, 0.25) is 0 Å². The molecule has 0 aromatic heterocycles. The summed E-state index contributed by atoms with van der Waals surface area (Å²) in [6.45, 7) is 0. The number of nitro benzene ring substituents is 1. The van der Waals surface area contributed by atoms with E-state index in [2.05, 4.69) is 4.40 Å². The average Bonchev–Trinajstić information content (AvgIpc) is 2.49. The molecule has 0 bridgehead atoms. The molecular weight excluding hydrogens is 276 g/mol. The van der Waals surface area contributed by atoms with Gasteiger partial charge < -0.3 is 4.74 Å². The molecule has 0 atom stereocenters. The largest absolute Gasteiger partial charge is 0.480 e. The van der Waals surface area contributed by atoms with E-state index in [0.29, 0.717) is 5.90 Å². The third-order valence-electron chi connectivity index (χ3n) is 2.50. The number of non-ortho nitro benzene ring substituents is 1. The molecule has 0 unspecified atom stereocenters. The maximum absolute atomic E-state index is 10.6. The number of hydrogen-bond acceptors (Lipinski definition) is 5. The van der Waals surface area contributed by atoms with E-state index >= 15 is 0 Å². The highest BCUT2D eigenvalue weighted by Gasteiger charge is 2.05. The van der Waals surface area contributed by atoms with Gasteiger partial charge in [-0.3, -0.25) is 10.1 Å². The van der Waals surface area contributed by atoms with E-state index in [4.69, 9.17) is 4.74 Å². The second-order valence-corrected chi connectivity index (χ2v) is 4.65. The number of hydrogen-bond donors (Lipinski definition) is 0. The van der Waals surface area contributed by atoms with Gasteiger partial charge in [0, 0.05) is 34.5 Å². The Bertz CT molecular complexity index is 612. The van der Waals surface area contributed by atoms with E-state index in [1.54, 1.807) is 19.2 Å². The van der Waals surface area contributed by atoms with Crippen molar-refractivity contribution >= 4 is 23.5 Å². The van der Waals surface area contributed by atoms with Crippen LogP contribution in [0.15, 0.2) is 63.9 Å². The molecule has 0 heterocycles. The van der Waals surface area contributed by atoms with Gasteiger partial charge in [-0.25, -0.2) is 0 Å². The molecule has 20 heavy (non-hydrogen) atoms. The SMILES string of the molecule is CO/C(=N\Sc1ccc([N+](=O)[O-])cc1)c1ccccc1. The van der Waals surface area contributed by atoms with E-state index in [9.17, 15) is 10.1 Å². The Hall–Kier alpha value is -2.34. The lowest BCUT2D eigenvalue weighted by molar-refractivity contribution is -0.384. The number of ether oxygens (including phenoxy) is 1. The molecule has 2 aromatic carbocycles. The molecule has 2 aromatic rings. The van der Waals surface area contributed by atoms with Gasteiger partial charge in [0.1, 0.15) is 0 Å². The van der Waals surface area contributed by atoms with Gasteiger partial charge in [0.15, 0.2) is 0 Å². The molecule has 0 spiro atoms. The summed E-state index contributed by atoms with van der Waals surface area (Å²) < 4.78 is 9.54. The summed E-state index contributed by atoms with van der Waals surface area (Å²) in [6, 6.07) is 15.7. The molecule has 0 radical (unpaired) electrons. The van der Waals surface area contributed by atoms with Crippen LogP contribution >= 0.6 is 11.9 Å². The van der Waals surface area contributed by atoms with Crippen LogP contribution < -0.4 is 0 Å². The number of nitro groups is 1. The van der Waals surface area contributed by atoms with Crippen molar-refractivity contribution < 1.29 is 9.66 Å². The van der Waals surface area contributed by atoms with Crippen molar-refractivity contribution in [2.24, 2.45) is 4.40 Å². The molecule has 0 saturated carbocycles. The minimum atomic E-state index is -0.428. The Kier molecular flexibility index (Phi) is 4.73. The number of rotatable bonds is 4. The van der Waals surface area contributed by atoms with Crippen LogP contribution in [0.3, 0.4) is 0 Å². The van der Waals surface area contributed by atoms with E-state index in [1.165, 1.54) is 24.1 Å². The van der Waals surface area contributed by atoms with E-state index in [-0.39, 0.29) is 5.69 Å². The van der Waals surface area contributed by atoms with Crippen LogP contribution in [-0.2, 0) is 4.74 Å². The zero-order valence-electron chi connectivity index (χ0n) is 10.7. The molecule has 0 amide bonds. The highest BCUT2D eigenvalue weighted by atomic mass is 32.2. The Morgan fingerprint density at radius 2 is 1.80 bits per heavy atom. The lowest BCUT2D eigenvalue weighted by atomic mass is 10.2. The Morgan fingerprint density at radius 1 is 1.15 bits per heavy atom. The molecule has 0 aliphatic carbocycles. The van der Waals surface area contributed by atoms with Gasteiger partial charge in [0.25, 0.3) is 5.69 Å². The second kappa shape index (κ2) is 6.72. The third-order valence-corrected chi connectivity index (χ3v) is 3.24. The number of nitrogens with zero attached hydrogens (tertiary/aromatic N) is 2. The van der Waals surface area contributed by atoms with Gasteiger partial charge in [0.05, 0.1) is 12.0 Å². The van der Waals surface area contributed by atoms with Crippen molar-refractivity contribution in [2.45, 2.75) is 4.90 Å². The van der Waals surface area contributed by atoms with Gasteiger partial charge in [0.2, 0.25) is 5.90 Å². The van der Waals surface area contributed by atoms with Crippen molar-refractivity contribution in [1.82, 2.24) is 0 Å². The van der Waals surface area contributed by atoms with E-state index < -0.39 is 4.92 Å². The molecule has 0 N–H and O–H groups in total. The van der Waals surface area contributed by atoms with Crippen molar-refractivity contribution in [3.63, 3.8) is 0 Å². The van der Waals surface area contributed by atoms with Gasteiger partial charge in [-0.2, -0.15) is 4.40 Å². The Labute approximate surface area is 120 Å². The average molecular weight is 288 g/mol. The summed E-state index contributed by atoms with van der Waals surface area (Å²) in [5, 5.41) is 10.6. The lowest BCUT2D eigenvalue weighted by Crippen LogP contribution is -2.01. The molecule has 0 aliphatic rings. The van der Waals surface area contributed by atoms with E-state index in [1.807, 2.05) is 30.3 Å². The zero-order valence-corrected chi connectivity index (χ0v) is 11.5.